The number of piperazine rings is 1. The predicted octanol–water partition coefficient (Wildman–Crippen LogP) is 1.09. The Morgan fingerprint density at radius 2 is 2.04 bits per heavy atom. The van der Waals surface area contributed by atoms with Crippen LogP contribution in [-0.2, 0) is 22.0 Å². The Bertz CT molecular complexity index is 779. The summed E-state index contributed by atoms with van der Waals surface area (Å²) in [6, 6.07) is 1.96. The second-order valence-corrected chi connectivity index (χ2v) is 8.43. The number of fused-ring (bicyclic) bond motifs is 1. The number of aromatic nitrogens is 1. The number of aryl methyl sites for hydroxylation is 1. The Kier molecular flexibility index (Phi) is 6.11. The average Bonchev–Trinajstić information content (AvgIpc) is 2.83. The molecule has 3 heterocycles. The molecule has 1 aromatic heterocycles. The number of hydrogen-bond donors (Lipinski definition) is 1. The minimum Gasteiger partial charge on any atom is -0.363 e. The second kappa shape index (κ2) is 7.54. The van der Waals surface area contributed by atoms with E-state index in [2.05, 4.69) is 31.0 Å². The van der Waals surface area contributed by atoms with Gasteiger partial charge in [0.2, 0.25) is 5.91 Å². The third-order valence-electron chi connectivity index (χ3n) is 5.79. The molecule has 8 heteroatoms. The molecule has 1 fully saturated rings. The molecule has 152 valence electrons. The molecule has 27 heavy (non-hydrogen) atoms. The van der Waals surface area contributed by atoms with E-state index >= 15 is 0 Å². The highest BCUT2D eigenvalue weighted by Gasteiger charge is 2.42. The van der Waals surface area contributed by atoms with E-state index in [-0.39, 0.29) is 35.8 Å². The van der Waals surface area contributed by atoms with Crippen molar-refractivity contribution in [3.63, 3.8) is 0 Å². The van der Waals surface area contributed by atoms with Gasteiger partial charge in [-0.1, -0.05) is 13.8 Å². The molecule has 1 saturated heterocycles. The Balaban J connectivity index is 0.00000261. The van der Waals surface area contributed by atoms with Crippen molar-refractivity contribution in [1.29, 1.82) is 0 Å². The molecule has 7 nitrogen and oxygen atoms in total. The SMILES string of the molecule is CO[C@]1(C)CN[C@H](C)CN1CC(=O)N1CC(C)(C)c2cc(=O)n(C)cc21.Cl. The van der Waals surface area contributed by atoms with Crippen LogP contribution in [0.5, 0.6) is 0 Å². The molecule has 0 radical (unpaired) electrons. The van der Waals surface area contributed by atoms with Crippen LogP contribution in [0.1, 0.15) is 33.3 Å². The maximum atomic E-state index is 13.2. The summed E-state index contributed by atoms with van der Waals surface area (Å²) in [6.45, 7) is 10.5. The highest BCUT2D eigenvalue weighted by molar-refractivity contribution is 5.97. The molecule has 0 unspecified atom stereocenters. The number of rotatable bonds is 3. The molecule has 0 aromatic carbocycles. The minimum atomic E-state index is -0.510. The van der Waals surface area contributed by atoms with Crippen molar-refractivity contribution >= 4 is 24.0 Å². The quantitative estimate of drug-likeness (QED) is 0.825. The summed E-state index contributed by atoms with van der Waals surface area (Å²) in [5.41, 5.74) is 0.985. The first-order valence-corrected chi connectivity index (χ1v) is 9.12. The minimum absolute atomic E-state index is 0. The largest absolute Gasteiger partial charge is 0.363 e. The van der Waals surface area contributed by atoms with Crippen molar-refractivity contribution in [1.82, 2.24) is 14.8 Å². The number of ether oxygens (including phenoxy) is 1. The number of hydrogen-bond acceptors (Lipinski definition) is 5. The van der Waals surface area contributed by atoms with Crippen LogP contribution < -0.4 is 15.8 Å². The number of pyridine rings is 1. The number of nitrogens with one attached hydrogen (secondary N) is 1. The lowest BCUT2D eigenvalue weighted by Gasteiger charge is -2.46. The van der Waals surface area contributed by atoms with Crippen molar-refractivity contribution in [3.05, 3.63) is 28.2 Å². The molecule has 2 aliphatic rings. The number of amides is 1. The summed E-state index contributed by atoms with van der Waals surface area (Å²) in [5, 5.41) is 3.41. The maximum Gasteiger partial charge on any atom is 0.250 e. The van der Waals surface area contributed by atoms with E-state index in [1.807, 2.05) is 11.8 Å². The van der Waals surface area contributed by atoms with Gasteiger partial charge in [-0.3, -0.25) is 14.5 Å². The fourth-order valence-corrected chi connectivity index (χ4v) is 3.91. The van der Waals surface area contributed by atoms with Crippen molar-refractivity contribution < 1.29 is 9.53 Å². The molecule has 0 aliphatic carbocycles. The number of carbonyl (C=O) groups is 1. The van der Waals surface area contributed by atoms with Gasteiger partial charge in [0, 0.05) is 57.5 Å². The molecular formula is C19H31ClN4O3. The molecule has 2 aliphatic heterocycles. The van der Waals surface area contributed by atoms with Crippen LogP contribution in [0.25, 0.3) is 0 Å². The number of halogens is 1. The van der Waals surface area contributed by atoms with Gasteiger partial charge in [0.05, 0.1) is 12.2 Å². The van der Waals surface area contributed by atoms with Crippen molar-refractivity contribution in [2.45, 2.75) is 44.9 Å². The average molecular weight is 399 g/mol. The maximum absolute atomic E-state index is 13.2. The smallest absolute Gasteiger partial charge is 0.250 e. The van der Waals surface area contributed by atoms with E-state index in [0.29, 0.717) is 19.1 Å². The van der Waals surface area contributed by atoms with Crippen LogP contribution in [0.3, 0.4) is 0 Å². The lowest BCUT2D eigenvalue weighted by atomic mass is 9.87. The third-order valence-corrected chi connectivity index (χ3v) is 5.79. The number of anilines is 1. The first-order chi connectivity index (χ1) is 12.1. The Hall–Kier alpha value is -1.41. The zero-order valence-corrected chi connectivity index (χ0v) is 17.9. The van der Waals surface area contributed by atoms with Gasteiger partial charge in [0.1, 0.15) is 5.72 Å². The standard InChI is InChI=1S/C19H30N4O3.ClH/c1-13-8-22(19(4,26-6)11-20-13)10-17(25)23-12-18(2,3)14-7-16(24)21(5)9-15(14)23;/h7,9,13,20H,8,10-12H2,1-6H3;1H/t13-,19-;/m1./s1. The Morgan fingerprint density at radius 1 is 1.37 bits per heavy atom. The predicted molar refractivity (Wildman–Crippen MR) is 109 cm³/mol. The van der Waals surface area contributed by atoms with Gasteiger partial charge in [-0.05, 0) is 19.4 Å². The molecule has 1 N–H and O–H groups in total. The highest BCUT2D eigenvalue weighted by Crippen LogP contribution is 2.39. The van der Waals surface area contributed by atoms with E-state index in [1.165, 1.54) is 4.57 Å². The van der Waals surface area contributed by atoms with Gasteiger partial charge < -0.3 is 19.5 Å². The molecule has 3 rings (SSSR count). The van der Waals surface area contributed by atoms with E-state index in [4.69, 9.17) is 4.74 Å². The normalized spacial score (nSPS) is 27.2. The number of carbonyl (C=O) groups excluding carboxylic acids is 1. The van der Waals surface area contributed by atoms with E-state index in [1.54, 1.807) is 26.4 Å². The van der Waals surface area contributed by atoms with Crippen molar-refractivity contribution in [3.8, 4) is 0 Å². The monoisotopic (exact) mass is 398 g/mol. The summed E-state index contributed by atoms with van der Waals surface area (Å²) in [6.07, 6.45) is 1.78. The fourth-order valence-electron chi connectivity index (χ4n) is 3.91. The lowest BCUT2D eigenvalue weighted by molar-refractivity contribution is -0.150. The van der Waals surface area contributed by atoms with Crippen LogP contribution in [-0.4, -0.2) is 60.4 Å². The molecule has 0 saturated carbocycles. The van der Waals surface area contributed by atoms with Crippen LogP contribution in [0.2, 0.25) is 0 Å². The molecular weight excluding hydrogens is 368 g/mol. The summed E-state index contributed by atoms with van der Waals surface area (Å²) >= 11 is 0. The van der Waals surface area contributed by atoms with Gasteiger partial charge >= 0.3 is 0 Å². The fraction of sp³-hybridized carbons (Fsp3) is 0.684. The zero-order chi connectivity index (χ0) is 19.3. The Morgan fingerprint density at radius 3 is 2.67 bits per heavy atom. The van der Waals surface area contributed by atoms with E-state index in [0.717, 1.165) is 17.8 Å². The van der Waals surface area contributed by atoms with Gasteiger partial charge in [-0.25, -0.2) is 0 Å². The highest BCUT2D eigenvalue weighted by atomic mass is 35.5. The van der Waals surface area contributed by atoms with E-state index in [9.17, 15) is 9.59 Å². The molecule has 1 aromatic rings. The molecule has 0 bridgehead atoms. The second-order valence-electron chi connectivity index (χ2n) is 8.43. The number of methoxy groups -OCH3 is 1. The van der Waals surface area contributed by atoms with Gasteiger partial charge in [0.15, 0.2) is 0 Å². The van der Waals surface area contributed by atoms with Crippen molar-refractivity contribution in [2.75, 3.05) is 38.2 Å². The van der Waals surface area contributed by atoms with Gasteiger partial charge in [0.25, 0.3) is 5.56 Å². The van der Waals surface area contributed by atoms with E-state index < -0.39 is 5.72 Å². The first kappa shape index (κ1) is 21.9. The van der Waals surface area contributed by atoms with Gasteiger partial charge in [-0.15, -0.1) is 12.4 Å². The molecule has 0 spiro atoms. The number of nitrogens with zero attached hydrogens (tertiary/aromatic N) is 3. The summed E-state index contributed by atoms with van der Waals surface area (Å²) in [5.74, 6) is 0.0350. The van der Waals surface area contributed by atoms with Crippen molar-refractivity contribution in [2.24, 2.45) is 7.05 Å². The first-order valence-electron chi connectivity index (χ1n) is 9.12. The topological polar surface area (TPSA) is 66.8 Å². The van der Waals surface area contributed by atoms with Crippen LogP contribution in [0.15, 0.2) is 17.1 Å². The van der Waals surface area contributed by atoms with Crippen LogP contribution in [0.4, 0.5) is 5.69 Å². The van der Waals surface area contributed by atoms with Crippen LogP contribution in [0, 0.1) is 0 Å². The lowest BCUT2D eigenvalue weighted by Crippen LogP contribution is -2.65. The van der Waals surface area contributed by atoms with Gasteiger partial charge in [-0.2, -0.15) is 0 Å². The zero-order valence-electron chi connectivity index (χ0n) is 17.0. The van der Waals surface area contributed by atoms with Crippen LogP contribution >= 0.6 is 12.4 Å². The summed E-state index contributed by atoms with van der Waals surface area (Å²) < 4.78 is 7.23. The molecule has 1 amide bonds. The molecule has 2 atom stereocenters. The Labute approximate surface area is 167 Å². The summed E-state index contributed by atoms with van der Waals surface area (Å²) in [7, 11) is 3.40. The third kappa shape index (κ3) is 3.92. The summed E-state index contributed by atoms with van der Waals surface area (Å²) in [4.78, 5) is 29.2.